The SMILES string of the molecule is CC(C)O[C@H](COC(=O)C1CCNCC1)CN(C(C)(C)C)S(C)(=O)=O. The fourth-order valence-corrected chi connectivity index (χ4v) is 4.39. The normalized spacial score (nSPS) is 18.6. The van der Waals surface area contributed by atoms with Crippen molar-refractivity contribution < 1.29 is 22.7 Å². The molecular weight excluding hydrogens is 344 g/mol. The van der Waals surface area contributed by atoms with Crippen LogP contribution < -0.4 is 5.32 Å². The van der Waals surface area contributed by atoms with Gasteiger partial charge in [0.05, 0.1) is 18.3 Å². The maximum atomic E-state index is 12.2. The van der Waals surface area contributed by atoms with Crippen molar-refractivity contribution >= 4 is 16.0 Å². The van der Waals surface area contributed by atoms with Gasteiger partial charge in [0.1, 0.15) is 12.7 Å². The first-order chi connectivity index (χ1) is 11.4. The summed E-state index contributed by atoms with van der Waals surface area (Å²) < 4.78 is 36.9. The lowest BCUT2D eigenvalue weighted by Crippen LogP contribution is -2.50. The van der Waals surface area contributed by atoms with Gasteiger partial charge in [-0.3, -0.25) is 4.79 Å². The number of hydrogen-bond donors (Lipinski definition) is 1. The Hall–Kier alpha value is -0.700. The summed E-state index contributed by atoms with van der Waals surface area (Å²) in [5.41, 5.74) is -0.578. The van der Waals surface area contributed by atoms with Crippen molar-refractivity contribution in [3.8, 4) is 0 Å². The number of sulfonamides is 1. The number of esters is 1. The molecule has 0 aromatic rings. The van der Waals surface area contributed by atoms with Crippen molar-refractivity contribution in [2.24, 2.45) is 5.92 Å². The molecule has 1 heterocycles. The molecule has 1 rings (SSSR count). The summed E-state index contributed by atoms with van der Waals surface area (Å²) in [7, 11) is -3.41. The highest BCUT2D eigenvalue weighted by atomic mass is 32.2. The van der Waals surface area contributed by atoms with Gasteiger partial charge in [0, 0.05) is 12.1 Å². The van der Waals surface area contributed by atoms with E-state index in [0.29, 0.717) is 0 Å². The van der Waals surface area contributed by atoms with E-state index in [1.54, 1.807) is 0 Å². The minimum Gasteiger partial charge on any atom is -0.463 e. The molecular formula is C17H34N2O5S. The second kappa shape index (κ2) is 9.30. The van der Waals surface area contributed by atoms with E-state index < -0.39 is 21.7 Å². The van der Waals surface area contributed by atoms with Crippen LogP contribution in [0.15, 0.2) is 0 Å². The zero-order valence-corrected chi connectivity index (χ0v) is 17.2. The van der Waals surface area contributed by atoms with Crippen LogP contribution in [0.25, 0.3) is 0 Å². The maximum absolute atomic E-state index is 12.2. The van der Waals surface area contributed by atoms with Crippen LogP contribution in [0.4, 0.5) is 0 Å². The van der Waals surface area contributed by atoms with E-state index in [1.165, 1.54) is 10.6 Å². The third-order valence-electron chi connectivity index (χ3n) is 4.07. The Morgan fingerprint density at radius 1 is 1.24 bits per heavy atom. The first-order valence-corrected chi connectivity index (χ1v) is 10.8. The van der Waals surface area contributed by atoms with E-state index in [-0.39, 0.29) is 31.1 Å². The van der Waals surface area contributed by atoms with Crippen LogP contribution in [0.1, 0.15) is 47.5 Å². The largest absolute Gasteiger partial charge is 0.463 e. The zero-order valence-electron chi connectivity index (χ0n) is 16.4. The number of piperidine rings is 1. The van der Waals surface area contributed by atoms with Gasteiger partial charge in [-0.2, -0.15) is 4.31 Å². The number of ether oxygens (including phenoxy) is 2. The number of nitrogens with zero attached hydrogens (tertiary/aromatic N) is 1. The predicted octanol–water partition coefficient (Wildman–Crippen LogP) is 1.38. The lowest BCUT2D eigenvalue weighted by Gasteiger charge is -2.36. The van der Waals surface area contributed by atoms with E-state index in [0.717, 1.165) is 25.9 Å². The molecule has 1 atom stereocenters. The predicted molar refractivity (Wildman–Crippen MR) is 97.9 cm³/mol. The van der Waals surface area contributed by atoms with Gasteiger partial charge in [-0.25, -0.2) is 8.42 Å². The molecule has 1 aliphatic heterocycles. The molecule has 1 N–H and O–H groups in total. The Morgan fingerprint density at radius 2 is 1.80 bits per heavy atom. The van der Waals surface area contributed by atoms with Crippen molar-refractivity contribution in [1.82, 2.24) is 9.62 Å². The molecule has 0 aromatic heterocycles. The molecule has 7 nitrogen and oxygen atoms in total. The van der Waals surface area contributed by atoms with Crippen LogP contribution in [0.2, 0.25) is 0 Å². The van der Waals surface area contributed by atoms with E-state index in [1.807, 2.05) is 34.6 Å². The van der Waals surface area contributed by atoms with Crippen molar-refractivity contribution in [2.75, 3.05) is 32.5 Å². The number of carbonyl (C=O) groups is 1. The Morgan fingerprint density at radius 3 is 2.24 bits per heavy atom. The smallest absolute Gasteiger partial charge is 0.309 e. The minimum atomic E-state index is -3.41. The minimum absolute atomic E-state index is 0.0586. The third-order valence-corrected chi connectivity index (χ3v) is 5.56. The van der Waals surface area contributed by atoms with E-state index in [9.17, 15) is 13.2 Å². The van der Waals surface area contributed by atoms with Crippen LogP contribution >= 0.6 is 0 Å². The van der Waals surface area contributed by atoms with E-state index in [2.05, 4.69) is 5.32 Å². The molecule has 1 fully saturated rings. The summed E-state index contributed by atoms with van der Waals surface area (Å²) >= 11 is 0. The Bertz CT molecular complexity index is 522. The maximum Gasteiger partial charge on any atom is 0.309 e. The molecule has 0 aromatic carbocycles. The van der Waals surface area contributed by atoms with Crippen LogP contribution in [0.3, 0.4) is 0 Å². The quantitative estimate of drug-likeness (QED) is 0.643. The van der Waals surface area contributed by atoms with Crippen molar-refractivity contribution in [3.05, 3.63) is 0 Å². The molecule has 1 aliphatic rings. The summed E-state index contributed by atoms with van der Waals surface area (Å²) in [6.45, 7) is 11.1. The molecule has 25 heavy (non-hydrogen) atoms. The molecule has 8 heteroatoms. The van der Waals surface area contributed by atoms with Crippen molar-refractivity contribution in [1.29, 1.82) is 0 Å². The molecule has 0 amide bonds. The van der Waals surface area contributed by atoms with Gasteiger partial charge in [0.15, 0.2) is 0 Å². The molecule has 0 unspecified atom stereocenters. The molecule has 0 spiro atoms. The molecule has 1 saturated heterocycles. The van der Waals surface area contributed by atoms with E-state index >= 15 is 0 Å². The van der Waals surface area contributed by atoms with Gasteiger partial charge in [-0.15, -0.1) is 0 Å². The van der Waals surface area contributed by atoms with Gasteiger partial charge in [-0.05, 0) is 60.5 Å². The number of hydrogen-bond acceptors (Lipinski definition) is 6. The first kappa shape index (κ1) is 22.3. The molecule has 0 aliphatic carbocycles. The van der Waals surface area contributed by atoms with Crippen LogP contribution in [0.5, 0.6) is 0 Å². The molecule has 0 saturated carbocycles. The fourth-order valence-electron chi connectivity index (χ4n) is 2.96. The summed E-state index contributed by atoms with van der Waals surface area (Å²) in [6, 6.07) is 0. The average molecular weight is 379 g/mol. The lowest BCUT2D eigenvalue weighted by molar-refractivity contribution is -0.155. The van der Waals surface area contributed by atoms with Crippen LogP contribution in [0, 0.1) is 5.92 Å². The average Bonchev–Trinajstić information content (AvgIpc) is 2.47. The summed E-state index contributed by atoms with van der Waals surface area (Å²) in [6.07, 6.45) is 2.13. The second-order valence-corrected chi connectivity index (χ2v) is 9.83. The fraction of sp³-hybridized carbons (Fsp3) is 0.941. The van der Waals surface area contributed by atoms with Gasteiger partial charge in [0.25, 0.3) is 0 Å². The van der Waals surface area contributed by atoms with Crippen LogP contribution in [-0.4, -0.2) is 68.9 Å². The highest BCUT2D eigenvalue weighted by molar-refractivity contribution is 7.88. The monoisotopic (exact) mass is 378 g/mol. The Kier molecular flexibility index (Phi) is 8.31. The Balaban J connectivity index is 2.73. The number of nitrogens with one attached hydrogen (secondary N) is 1. The van der Waals surface area contributed by atoms with Crippen molar-refractivity contribution in [2.45, 2.75) is 65.2 Å². The highest BCUT2D eigenvalue weighted by Gasteiger charge is 2.33. The van der Waals surface area contributed by atoms with Gasteiger partial charge < -0.3 is 14.8 Å². The van der Waals surface area contributed by atoms with Gasteiger partial charge in [-0.1, -0.05) is 0 Å². The summed E-state index contributed by atoms with van der Waals surface area (Å²) in [5, 5.41) is 3.21. The standard InChI is InChI=1S/C17H34N2O5S/c1-13(2)24-15(11-19(17(3,4)5)25(6,21)22)12-23-16(20)14-7-9-18-10-8-14/h13-15,18H,7-12H2,1-6H3/t15-/m0/s1. The third kappa shape index (κ3) is 8.02. The highest BCUT2D eigenvalue weighted by Crippen LogP contribution is 2.20. The lowest BCUT2D eigenvalue weighted by atomic mass is 9.98. The van der Waals surface area contributed by atoms with Crippen LogP contribution in [-0.2, 0) is 24.3 Å². The molecule has 148 valence electrons. The van der Waals surface area contributed by atoms with E-state index in [4.69, 9.17) is 9.47 Å². The molecule has 0 radical (unpaired) electrons. The van der Waals surface area contributed by atoms with Crippen molar-refractivity contribution in [3.63, 3.8) is 0 Å². The van der Waals surface area contributed by atoms with Gasteiger partial charge >= 0.3 is 5.97 Å². The summed E-state index contributed by atoms with van der Waals surface area (Å²) in [4.78, 5) is 12.2. The number of carbonyl (C=O) groups excluding carboxylic acids is 1. The summed E-state index contributed by atoms with van der Waals surface area (Å²) in [5.74, 6) is -0.310. The second-order valence-electron chi connectivity index (χ2n) is 7.93. The number of rotatable bonds is 8. The topological polar surface area (TPSA) is 84.9 Å². The molecule has 0 bridgehead atoms. The Labute approximate surface area is 152 Å². The zero-order chi connectivity index (χ0) is 19.3. The van der Waals surface area contributed by atoms with Gasteiger partial charge in [0.2, 0.25) is 10.0 Å². The first-order valence-electron chi connectivity index (χ1n) is 8.92.